The van der Waals surface area contributed by atoms with Crippen LogP contribution in [0.2, 0.25) is 5.02 Å². The summed E-state index contributed by atoms with van der Waals surface area (Å²) in [5.74, 6) is 3.31. The highest BCUT2D eigenvalue weighted by Gasteiger charge is 2.48. The molecule has 0 aromatic heterocycles. The van der Waals surface area contributed by atoms with Crippen molar-refractivity contribution in [2.45, 2.75) is 38.1 Å². The minimum Gasteiger partial charge on any atom is -0.349 e. The summed E-state index contributed by atoms with van der Waals surface area (Å²) < 4.78 is 0.774. The van der Waals surface area contributed by atoms with Crippen LogP contribution in [0.3, 0.4) is 0 Å². The summed E-state index contributed by atoms with van der Waals surface area (Å²) in [7, 11) is 0. The Bertz CT molecular complexity index is 560. The van der Waals surface area contributed by atoms with E-state index < -0.39 is 0 Å². The summed E-state index contributed by atoms with van der Waals surface area (Å²) in [5.41, 5.74) is 0.688. The van der Waals surface area contributed by atoms with Crippen molar-refractivity contribution >= 4 is 33.4 Å². The zero-order valence-electron chi connectivity index (χ0n) is 11.8. The molecular formula is C17H19BrClNO. The van der Waals surface area contributed by atoms with Crippen molar-refractivity contribution in [2.24, 2.45) is 23.7 Å². The third kappa shape index (κ3) is 2.53. The lowest BCUT2D eigenvalue weighted by molar-refractivity contribution is -0.0119. The maximum Gasteiger partial charge on any atom is 0.252 e. The smallest absolute Gasteiger partial charge is 0.252 e. The largest absolute Gasteiger partial charge is 0.349 e. The van der Waals surface area contributed by atoms with Gasteiger partial charge in [0.15, 0.2) is 0 Å². The number of carbonyl (C=O) groups excluding carboxylic acids is 1. The van der Waals surface area contributed by atoms with Crippen LogP contribution in [0.15, 0.2) is 22.7 Å². The molecule has 0 unspecified atom stereocenters. The molecule has 2 nitrogen and oxygen atoms in total. The fourth-order valence-corrected chi connectivity index (χ4v) is 5.93. The monoisotopic (exact) mass is 367 g/mol. The zero-order valence-corrected chi connectivity index (χ0v) is 14.2. The van der Waals surface area contributed by atoms with E-state index in [0.29, 0.717) is 28.5 Å². The molecule has 0 saturated heterocycles. The standard InChI is InChI=1S/C17H19BrClNO/c18-15-8-13(19)1-2-14(15)17(21)20-16-11-4-9-3-10(6-11)7-12(16)5-9/h1-2,8-12,16H,3-7H2,(H,20,21). The third-order valence-corrected chi connectivity index (χ3v) is 6.59. The van der Waals surface area contributed by atoms with E-state index in [2.05, 4.69) is 21.2 Å². The van der Waals surface area contributed by atoms with Crippen LogP contribution in [0.1, 0.15) is 42.5 Å². The first-order valence-electron chi connectivity index (χ1n) is 7.86. The molecule has 5 rings (SSSR count). The molecule has 4 saturated carbocycles. The number of halogens is 2. The van der Waals surface area contributed by atoms with E-state index in [0.717, 1.165) is 16.3 Å². The molecule has 0 spiro atoms. The zero-order chi connectivity index (χ0) is 14.6. The van der Waals surface area contributed by atoms with Crippen LogP contribution in [0.25, 0.3) is 0 Å². The van der Waals surface area contributed by atoms with Gasteiger partial charge in [-0.3, -0.25) is 4.79 Å². The Morgan fingerprint density at radius 1 is 1.10 bits per heavy atom. The van der Waals surface area contributed by atoms with Gasteiger partial charge < -0.3 is 5.32 Å². The topological polar surface area (TPSA) is 29.1 Å². The molecule has 4 aliphatic rings. The van der Waals surface area contributed by atoms with Crippen molar-refractivity contribution in [3.8, 4) is 0 Å². The second-order valence-electron chi connectivity index (χ2n) is 7.05. The molecular weight excluding hydrogens is 350 g/mol. The van der Waals surface area contributed by atoms with Crippen LogP contribution in [0.4, 0.5) is 0 Å². The molecule has 1 N–H and O–H groups in total. The van der Waals surface area contributed by atoms with E-state index in [9.17, 15) is 4.79 Å². The highest BCUT2D eigenvalue weighted by atomic mass is 79.9. The molecule has 0 radical (unpaired) electrons. The minimum absolute atomic E-state index is 0.0380. The van der Waals surface area contributed by atoms with Gasteiger partial charge in [-0.05, 0) is 89.9 Å². The Labute approximate surface area is 138 Å². The molecule has 1 aromatic carbocycles. The van der Waals surface area contributed by atoms with Crippen molar-refractivity contribution in [3.05, 3.63) is 33.3 Å². The van der Waals surface area contributed by atoms with Gasteiger partial charge >= 0.3 is 0 Å². The highest BCUT2D eigenvalue weighted by Crippen LogP contribution is 2.53. The first-order valence-corrected chi connectivity index (χ1v) is 9.03. The molecule has 1 aromatic rings. The molecule has 4 fully saturated rings. The van der Waals surface area contributed by atoms with Gasteiger partial charge in [-0.1, -0.05) is 11.6 Å². The Balaban J connectivity index is 1.52. The Hall–Kier alpha value is -0.540. The van der Waals surface area contributed by atoms with Crippen LogP contribution in [-0.4, -0.2) is 11.9 Å². The average Bonchev–Trinajstić information content (AvgIpc) is 2.41. The van der Waals surface area contributed by atoms with E-state index in [-0.39, 0.29) is 5.91 Å². The number of hydrogen-bond acceptors (Lipinski definition) is 1. The minimum atomic E-state index is 0.0380. The molecule has 4 bridgehead atoms. The molecule has 4 aliphatic carbocycles. The summed E-state index contributed by atoms with van der Waals surface area (Å²) in [4.78, 5) is 12.6. The maximum atomic E-state index is 12.6. The van der Waals surface area contributed by atoms with Gasteiger partial charge in [0.2, 0.25) is 0 Å². The first-order chi connectivity index (χ1) is 10.1. The number of nitrogens with one attached hydrogen (secondary N) is 1. The average molecular weight is 369 g/mol. The predicted octanol–water partition coefficient (Wildman–Crippen LogP) is 4.66. The molecule has 112 valence electrons. The SMILES string of the molecule is O=C(NC1C2CC3CC(C2)CC1C3)c1ccc(Cl)cc1Br. The molecule has 0 atom stereocenters. The molecule has 1 amide bonds. The fraction of sp³-hybridized carbons (Fsp3) is 0.588. The second kappa shape index (κ2) is 5.27. The van der Waals surface area contributed by atoms with Gasteiger partial charge in [0.25, 0.3) is 5.91 Å². The van der Waals surface area contributed by atoms with Gasteiger partial charge in [-0.2, -0.15) is 0 Å². The second-order valence-corrected chi connectivity index (χ2v) is 8.34. The van der Waals surface area contributed by atoms with E-state index >= 15 is 0 Å². The van der Waals surface area contributed by atoms with Crippen LogP contribution in [0, 0.1) is 23.7 Å². The first kappa shape index (κ1) is 14.1. The quantitative estimate of drug-likeness (QED) is 0.808. The van der Waals surface area contributed by atoms with Gasteiger partial charge in [0.05, 0.1) is 5.56 Å². The van der Waals surface area contributed by atoms with Gasteiger partial charge in [-0.25, -0.2) is 0 Å². The van der Waals surface area contributed by atoms with Crippen molar-refractivity contribution in [1.29, 1.82) is 0 Å². The molecule has 0 heterocycles. The van der Waals surface area contributed by atoms with Gasteiger partial charge in [0, 0.05) is 15.5 Å². The van der Waals surface area contributed by atoms with Crippen LogP contribution in [0.5, 0.6) is 0 Å². The van der Waals surface area contributed by atoms with Crippen LogP contribution in [-0.2, 0) is 0 Å². The summed E-state index contributed by atoms with van der Waals surface area (Å²) in [6.07, 6.45) is 6.72. The maximum absolute atomic E-state index is 12.6. The van der Waals surface area contributed by atoms with Crippen LogP contribution >= 0.6 is 27.5 Å². The van der Waals surface area contributed by atoms with Gasteiger partial charge in [0.1, 0.15) is 0 Å². The van der Waals surface area contributed by atoms with Gasteiger partial charge in [-0.15, -0.1) is 0 Å². The summed E-state index contributed by atoms with van der Waals surface area (Å²) >= 11 is 9.40. The lowest BCUT2D eigenvalue weighted by Crippen LogP contribution is -2.55. The molecule has 4 heteroatoms. The number of hydrogen-bond donors (Lipinski definition) is 1. The summed E-state index contributed by atoms with van der Waals surface area (Å²) in [5, 5.41) is 3.97. The lowest BCUT2D eigenvalue weighted by Gasteiger charge is -2.54. The van der Waals surface area contributed by atoms with Crippen LogP contribution < -0.4 is 5.32 Å². The number of amides is 1. The fourth-order valence-electron chi connectivity index (χ4n) is 5.06. The number of benzene rings is 1. The van der Waals surface area contributed by atoms with E-state index in [1.54, 1.807) is 18.2 Å². The summed E-state index contributed by atoms with van der Waals surface area (Å²) in [6, 6.07) is 5.75. The Morgan fingerprint density at radius 2 is 1.71 bits per heavy atom. The van der Waals surface area contributed by atoms with E-state index in [4.69, 9.17) is 11.6 Å². The molecule has 21 heavy (non-hydrogen) atoms. The van der Waals surface area contributed by atoms with E-state index in [1.165, 1.54) is 32.1 Å². The van der Waals surface area contributed by atoms with Crippen molar-refractivity contribution in [2.75, 3.05) is 0 Å². The number of carbonyl (C=O) groups is 1. The highest BCUT2D eigenvalue weighted by molar-refractivity contribution is 9.10. The normalized spacial score (nSPS) is 36.8. The van der Waals surface area contributed by atoms with E-state index in [1.807, 2.05) is 0 Å². The van der Waals surface area contributed by atoms with Crippen molar-refractivity contribution < 1.29 is 4.79 Å². The third-order valence-electron chi connectivity index (χ3n) is 5.70. The Morgan fingerprint density at radius 3 is 2.29 bits per heavy atom. The van der Waals surface area contributed by atoms with Crippen molar-refractivity contribution in [1.82, 2.24) is 5.32 Å². The Kier molecular flexibility index (Phi) is 3.54. The summed E-state index contributed by atoms with van der Waals surface area (Å²) in [6.45, 7) is 0. The van der Waals surface area contributed by atoms with Crippen molar-refractivity contribution in [3.63, 3.8) is 0 Å². The lowest BCUT2D eigenvalue weighted by atomic mass is 9.54. The number of rotatable bonds is 2. The molecule has 0 aliphatic heterocycles. The predicted molar refractivity (Wildman–Crippen MR) is 87.5 cm³/mol.